The molecule has 0 heterocycles. The number of benzene rings is 1. The van der Waals surface area contributed by atoms with Gasteiger partial charge in [-0.05, 0) is 24.0 Å². The van der Waals surface area contributed by atoms with E-state index in [1.165, 1.54) is 0 Å². The number of ether oxygens (including phenoxy) is 1. The van der Waals surface area contributed by atoms with Crippen LogP contribution >= 0.6 is 23.4 Å². The summed E-state index contributed by atoms with van der Waals surface area (Å²) in [4.78, 5) is 13.5. The fourth-order valence-corrected chi connectivity index (χ4v) is 2.26. The van der Waals surface area contributed by atoms with Gasteiger partial charge >= 0.3 is 0 Å². The average Bonchev–Trinajstić information content (AvgIpc) is 2.39. The highest BCUT2D eigenvalue weighted by Crippen LogP contribution is 2.16. The molecule has 0 atom stereocenters. The Labute approximate surface area is 124 Å². The number of rotatable bonds is 8. The molecule has 1 amide bonds. The lowest BCUT2D eigenvalue weighted by molar-refractivity contribution is -0.129. The van der Waals surface area contributed by atoms with E-state index in [1.807, 2.05) is 12.1 Å². The maximum Gasteiger partial charge on any atom is 0.223 e. The van der Waals surface area contributed by atoms with Gasteiger partial charge in [0.05, 0.1) is 6.54 Å². The summed E-state index contributed by atoms with van der Waals surface area (Å²) in [6.45, 7) is 3.16. The molecule has 1 aromatic rings. The smallest absolute Gasteiger partial charge is 0.223 e. The van der Waals surface area contributed by atoms with Crippen molar-refractivity contribution in [2.75, 3.05) is 31.7 Å². The third-order valence-corrected chi connectivity index (χ3v) is 3.72. The Bertz CT molecular complexity index is 401. The van der Waals surface area contributed by atoms with E-state index in [0.29, 0.717) is 24.6 Å². The van der Waals surface area contributed by atoms with E-state index >= 15 is 0 Å². The van der Waals surface area contributed by atoms with Gasteiger partial charge < -0.3 is 9.64 Å². The molecule has 0 aliphatic rings. The van der Waals surface area contributed by atoms with Crippen LogP contribution in [-0.4, -0.2) is 42.5 Å². The molecule has 1 aromatic carbocycles. The monoisotopic (exact) mass is 301 g/mol. The van der Waals surface area contributed by atoms with Gasteiger partial charge in [0.15, 0.2) is 0 Å². The number of likely N-dealkylation sites (N-methyl/N-ethyl adjacent to an activating group) is 1. The normalized spacial score (nSPS) is 10.3. The summed E-state index contributed by atoms with van der Waals surface area (Å²) in [7, 11) is 1.81. The molecule has 3 nitrogen and oxygen atoms in total. The summed E-state index contributed by atoms with van der Waals surface area (Å²) in [5, 5.41) is 0.651. The zero-order valence-electron chi connectivity index (χ0n) is 11.4. The lowest BCUT2D eigenvalue weighted by atomic mass is 10.3. The first-order valence-electron chi connectivity index (χ1n) is 6.33. The van der Waals surface area contributed by atoms with Crippen LogP contribution in [0.4, 0.5) is 0 Å². The van der Waals surface area contributed by atoms with E-state index in [1.54, 1.807) is 35.8 Å². The van der Waals surface area contributed by atoms with Crippen LogP contribution in [0, 0.1) is 0 Å². The fraction of sp³-hybridized carbons (Fsp3) is 0.500. The molecule has 1 rings (SSSR count). The van der Waals surface area contributed by atoms with E-state index in [0.717, 1.165) is 17.3 Å². The molecule has 0 aromatic heterocycles. The molecule has 106 valence electrons. The van der Waals surface area contributed by atoms with Gasteiger partial charge in [0.2, 0.25) is 5.91 Å². The van der Waals surface area contributed by atoms with Crippen LogP contribution in [-0.2, 0) is 4.79 Å². The molecule has 0 fully saturated rings. The van der Waals surface area contributed by atoms with E-state index in [4.69, 9.17) is 16.3 Å². The van der Waals surface area contributed by atoms with Gasteiger partial charge in [-0.3, -0.25) is 4.79 Å². The van der Waals surface area contributed by atoms with Crippen molar-refractivity contribution in [3.05, 3.63) is 29.3 Å². The number of carbonyl (C=O) groups excluding carboxylic acids is 1. The van der Waals surface area contributed by atoms with Crippen LogP contribution in [0.25, 0.3) is 0 Å². The molecule has 0 aliphatic carbocycles. The highest BCUT2D eigenvalue weighted by Gasteiger charge is 2.08. The van der Waals surface area contributed by atoms with Gasteiger partial charge in [-0.2, -0.15) is 11.8 Å². The first-order valence-corrected chi connectivity index (χ1v) is 7.86. The maximum absolute atomic E-state index is 11.8. The number of hydrogen-bond donors (Lipinski definition) is 0. The van der Waals surface area contributed by atoms with Gasteiger partial charge in [-0.25, -0.2) is 0 Å². The standard InChI is InChI=1S/C14H20ClNO2S/c1-3-19-10-7-14(17)16(2)8-9-18-13-6-4-5-12(15)11-13/h4-6,11H,3,7-10H2,1-2H3. The predicted octanol–water partition coefficient (Wildman–Crippen LogP) is 3.32. The van der Waals surface area contributed by atoms with Crippen molar-refractivity contribution in [2.24, 2.45) is 0 Å². The Morgan fingerprint density at radius 3 is 2.95 bits per heavy atom. The Balaban J connectivity index is 2.23. The van der Waals surface area contributed by atoms with Crippen LogP contribution in [0.3, 0.4) is 0 Å². The largest absolute Gasteiger partial charge is 0.492 e. The second-order valence-corrected chi connectivity index (χ2v) is 5.90. The summed E-state index contributed by atoms with van der Waals surface area (Å²) in [6, 6.07) is 7.26. The number of amides is 1. The number of thioether (sulfide) groups is 1. The summed E-state index contributed by atoms with van der Waals surface area (Å²) in [5.41, 5.74) is 0. The number of hydrogen-bond acceptors (Lipinski definition) is 3. The van der Waals surface area contributed by atoms with Crippen LogP contribution in [0.2, 0.25) is 5.02 Å². The molecular weight excluding hydrogens is 282 g/mol. The molecule has 0 aliphatic heterocycles. The van der Waals surface area contributed by atoms with E-state index in [-0.39, 0.29) is 5.91 Å². The number of nitrogens with zero attached hydrogens (tertiary/aromatic N) is 1. The summed E-state index contributed by atoms with van der Waals surface area (Å²) in [5.74, 6) is 2.83. The fourth-order valence-electron chi connectivity index (χ4n) is 1.48. The molecule has 19 heavy (non-hydrogen) atoms. The van der Waals surface area contributed by atoms with Crippen LogP contribution in [0.15, 0.2) is 24.3 Å². The Morgan fingerprint density at radius 1 is 1.47 bits per heavy atom. The third-order valence-electron chi connectivity index (χ3n) is 2.58. The van der Waals surface area contributed by atoms with Gasteiger partial charge in [-0.1, -0.05) is 24.6 Å². The molecule has 5 heteroatoms. The van der Waals surface area contributed by atoms with Crippen molar-refractivity contribution in [2.45, 2.75) is 13.3 Å². The quantitative estimate of drug-likeness (QED) is 0.690. The van der Waals surface area contributed by atoms with Crippen LogP contribution in [0.1, 0.15) is 13.3 Å². The first kappa shape index (κ1) is 16.2. The van der Waals surface area contributed by atoms with Gasteiger partial charge in [-0.15, -0.1) is 0 Å². The number of halogens is 1. The summed E-state index contributed by atoms with van der Waals surface area (Å²) < 4.78 is 5.55. The van der Waals surface area contributed by atoms with E-state index in [2.05, 4.69) is 6.92 Å². The summed E-state index contributed by atoms with van der Waals surface area (Å²) >= 11 is 7.64. The lowest BCUT2D eigenvalue weighted by Gasteiger charge is -2.17. The van der Waals surface area contributed by atoms with Gasteiger partial charge in [0, 0.05) is 24.2 Å². The average molecular weight is 302 g/mol. The SMILES string of the molecule is CCSCCC(=O)N(C)CCOc1cccc(Cl)c1. The molecule has 0 spiro atoms. The van der Waals surface area contributed by atoms with Crippen molar-refractivity contribution < 1.29 is 9.53 Å². The zero-order valence-corrected chi connectivity index (χ0v) is 13.0. The van der Waals surface area contributed by atoms with Crippen LogP contribution < -0.4 is 4.74 Å². The van der Waals surface area contributed by atoms with E-state index < -0.39 is 0 Å². The van der Waals surface area contributed by atoms with Gasteiger partial charge in [0.1, 0.15) is 12.4 Å². The predicted molar refractivity (Wildman–Crippen MR) is 82.2 cm³/mol. The zero-order chi connectivity index (χ0) is 14.1. The molecular formula is C14H20ClNO2S. The van der Waals surface area contributed by atoms with E-state index in [9.17, 15) is 4.79 Å². The second kappa shape index (κ2) is 9.10. The van der Waals surface area contributed by atoms with Crippen molar-refractivity contribution in [3.8, 4) is 5.75 Å². The maximum atomic E-state index is 11.8. The highest BCUT2D eigenvalue weighted by molar-refractivity contribution is 7.99. The third kappa shape index (κ3) is 6.73. The minimum absolute atomic E-state index is 0.163. The van der Waals surface area contributed by atoms with Crippen molar-refractivity contribution >= 4 is 29.3 Å². The molecule has 0 bridgehead atoms. The summed E-state index contributed by atoms with van der Waals surface area (Å²) in [6.07, 6.45) is 0.589. The second-order valence-electron chi connectivity index (χ2n) is 4.07. The minimum Gasteiger partial charge on any atom is -0.492 e. The Kier molecular flexibility index (Phi) is 7.75. The molecule has 0 unspecified atom stereocenters. The van der Waals surface area contributed by atoms with Crippen molar-refractivity contribution in [3.63, 3.8) is 0 Å². The first-order chi connectivity index (χ1) is 9.13. The molecule has 0 N–H and O–H groups in total. The molecule has 0 saturated carbocycles. The molecule has 0 saturated heterocycles. The minimum atomic E-state index is 0.163. The lowest BCUT2D eigenvalue weighted by Crippen LogP contribution is -2.31. The topological polar surface area (TPSA) is 29.5 Å². The van der Waals surface area contributed by atoms with Crippen molar-refractivity contribution in [1.29, 1.82) is 0 Å². The van der Waals surface area contributed by atoms with Crippen molar-refractivity contribution in [1.82, 2.24) is 4.90 Å². The highest BCUT2D eigenvalue weighted by atomic mass is 35.5. The van der Waals surface area contributed by atoms with Gasteiger partial charge in [0.25, 0.3) is 0 Å². The molecule has 0 radical (unpaired) electrons. The Hall–Kier alpha value is -0.870. The van der Waals surface area contributed by atoms with Crippen LogP contribution in [0.5, 0.6) is 5.75 Å². The Morgan fingerprint density at radius 2 is 2.26 bits per heavy atom. The number of carbonyl (C=O) groups is 1.